The molecule has 0 aliphatic rings. The predicted octanol–water partition coefficient (Wildman–Crippen LogP) is 2.24. The lowest BCUT2D eigenvalue weighted by molar-refractivity contribution is 0.952. The summed E-state index contributed by atoms with van der Waals surface area (Å²) in [7, 11) is 1.81. The van der Waals surface area contributed by atoms with E-state index in [0.717, 1.165) is 19.5 Å². The molecule has 1 N–H and O–H groups in total. The lowest BCUT2D eigenvalue weighted by Crippen LogP contribution is -1.93. The van der Waals surface area contributed by atoms with Crippen LogP contribution in [0, 0.1) is 0 Å². The third kappa shape index (κ3) is 2.83. The summed E-state index contributed by atoms with van der Waals surface area (Å²) in [5.41, 5.74) is 0. The molecule has 84 valence electrons. The van der Waals surface area contributed by atoms with Gasteiger partial charge in [0.05, 0.1) is 12.4 Å². The highest BCUT2D eigenvalue weighted by molar-refractivity contribution is 8.02. The summed E-state index contributed by atoms with van der Waals surface area (Å²) in [5, 5.41) is 11.8. The van der Waals surface area contributed by atoms with Crippen LogP contribution in [0.25, 0.3) is 0 Å². The Morgan fingerprint density at radius 2 is 2.06 bits per heavy atom. The van der Waals surface area contributed by atoms with Crippen LogP contribution in [0.2, 0.25) is 0 Å². The van der Waals surface area contributed by atoms with Crippen LogP contribution in [0.4, 0.5) is 5.82 Å². The van der Waals surface area contributed by atoms with E-state index in [9.17, 15) is 0 Å². The highest BCUT2D eigenvalue weighted by Gasteiger charge is 2.06. The van der Waals surface area contributed by atoms with Gasteiger partial charge >= 0.3 is 0 Å². The average Bonchev–Trinajstić information content (AvgIpc) is 2.77. The first kappa shape index (κ1) is 11.6. The van der Waals surface area contributed by atoms with E-state index in [1.54, 1.807) is 35.5 Å². The maximum atomic E-state index is 4.34. The number of nitrogens with one attached hydrogen (secondary N) is 1. The smallest absolute Gasteiger partial charge is 0.181 e. The van der Waals surface area contributed by atoms with Gasteiger partial charge in [0.15, 0.2) is 8.68 Å². The van der Waals surface area contributed by atoms with Crippen molar-refractivity contribution in [3.05, 3.63) is 12.4 Å². The number of thioether (sulfide) groups is 1. The van der Waals surface area contributed by atoms with E-state index in [1.165, 1.54) is 11.8 Å². The first-order valence-corrected chi connectivity index (χ1v) is 7.22. The molecule has 0 radical (unpaired) electrons. The molecular formula is C8H9N5S3. The van der Waals surface area contributed by atoms with Crippen molar-refractivity contribution in [1.29, 1.82) is 0 Å². The third-order valence-electron chi connectivity index (χ3n) is 1.62. The van der Waals surface area contributed by atoms with E-state index >= 15 is 0 Å². The molecule has 8 heteroatoms. The number of anilines is 1. The molecule has 5 nitrogen and oxygen atoms in total. The summed E-state index contributed by atoms with van der Waals surface area (Å²) in [4.78, 5) is 8.43. The molecule has 0 bridgehead atoms. The van der Waals surface area contributed by atoms with Gasteiger partial charge in [-0.2, -0.15) is 0 Å². The Balaban J connectivity index is 2.13. The first-order valence-electron chi connectivity index (χ1n) is 4.37. The zero-order chi connectivity index (χ0) is 11.4. The van der Waals surface area contributed by atoms with E-state index in [4.69, 9.17) is 0 Å². The van der Waals surface area contributed by atoms with Crippen LogP contribution >= 0.6 is 34.9 Å². The van der Waals surface area contributed by atoms with Crippen molar-refractivity contribution < 1.29 is 0 Å². The molecule has 2 aromatic heterocycles. The molecule has 0 aliphatic carbocycles. The van der Waals surface area contributed by atoms with Crippen molar-refractivity contribution in [3.8, 4) is 0 Å². The average molecular weight is 271 g/mol. The van der Waals surface area contributed by atoms with Crippen molar-refractivity contribution in [3.63, 3.8) is 0 Å². The van der Waals surface area contributed by atoms with Gasteiger partial charge in [0.2, 0.25) is 0 Å². The van der Waals surface area contributed by atoms with Crippen LogP contribution in [0.1, 0.15) is 0 Å². The number of hydrogen-bond donors (Lipinski definition) is 1. The molecule has 2 heterocycles. The quantitative estimate of drug-likeness (QED) is 0.855. The normalized spacial score (nSPS) is 10.4. The van der Waals surface area contributed by atoms with E-state index in [0.29, 0.717) is 0 Å². The number of hydrogen-bond acceptors (Lipinski definition) is 8. The minimum atomic E-state index is 0.750. The van der Waals surface area contributed by atoms with E-state index in [-0.39, 0.29) is 0 Å². The summed E-state index contributed by atoms with van der Waals surface area (Å²) in [6.07, 6.45) is 5.37. The van der Waals surface area contributed by atoms with Gasteiger partial charge in [-0.3, -0.25) is 4.98 Å². The molecule has 2 rings (SSSR count). The number of rotatable bonds is 4. The lowest BCUT2D eigenvalue weighted by atomic mass is 10.7. The van der Waals surface area contributed by atoms with Crippen LogP contribution in [0.3, 0.4) is 0 Å². The maximum absolute atomic E-state index is 4.34. The van der Waals surface area contributed by atoms with Crippen molar-refractivity contribution in [1.82, 2.24) is 20.2 Å². The zero-order valence-electron chi connectivity index (χ0n) is 8.67. The summed E-state index contributed by atoms with van der Waals surface area (Å²) in [6.45, 7) is 0. The fraction of sp³-hybridized carbons (Fsp3) is 0.250. The Bertz CT molecular complexity index is 472. The Hall–Kier alpha value is -0.860. The second-order valence-corrected chi connectivity index (χ2v) is 5.93. The van der Waals surface area contributed by atoms with Gasteiger partial charge in [0.1, 0.15) is 10.8 Å². The summed E-state index contributed by atoms with van der Waals surface area (Å²) in [5.74, 6) is 0.750. The molecule has 0 unspecified atom stereocenters. The van der Waals surface area contributed by atoms with E-state index in [1.807, 2.05) is 13.3 Å². The topological polar surface area (TPSA) is 63.6 Å². The lowest BCUT2D eigenvalue weighted by Gasteiger charge is -1.99. The van der Waals surface area contributed by atoms with Gasteiger partial charge in [-0.15, -0.1) is 10.2 Å². The standard InChI is InChI=1S/C8H9N5S3/c1-9-5-3-10-4-6(11-5)15-8-13-12-7(14-2)16-8/h3-4H,1-2H3,(H,9,11). The SMILES string of the molecule is CNc1cncc(Sc2nnc(SC)s2)n1. The largest absolute Gasteiger partial charge is 0.372 e. The fourth-order valence-electron chi connectivity index (χ4n) is 0.928. The van der Waals surface area contributed by atoms with Crippen LogP contribution in [-0.4, -0.2) is 33.5 Å². The monoisotopic (exact) mass is 271 g/mol. The van der Waals surface area contributed by atoms with Crippen molar-refractivity contribution in [2.45, 2.75) is 13.7 Å². The molecule has 0 spiro atoms. The molecule has 0 atom stereocenters. The molecule has 0 aliphatic heterocycles. The molecule has 2 aromatic rings. The highest BCUT2D eigenvalue weighted by Crippen LogP contribution is 2.31. The summed E-state index contributed by atoms with van der Waals surface area (Å²) >= 11 is 4.62. The van der Waals surface area contributed by atoms with Gasteiger partial charge in [0.25, 0.3) is 0 Å². The minimum Gasteiger partial charge on any atom is -0.372 e. The highest BCUT2D eigenvalue weighted by atomic mass is 32.2. The molecule has 16 heavy (non-hydrogen) atoms. The molecule has 0 saturated carbocycles. The number of aromatic nitrogens is 4. The third-order valence-corrected chi connectivity index (χ3v) is 4.48. The second kappa shape index (κ2) is 5.46. The first-order chi connectivity index (χ1) is 7.81. The van der Waals surface area contributed by atoms with Crippen molar-refractivity contribution in [2.75, 3.05) is 18.6 Å². The number of nitrogens with zero attached hydrogens (tertiary/aromatic N) is 4. The van der Waals surface area contributed by atoms with E-state index in [2.05, 4.69) is 25.5 Å². The zero-order valence-corrected chi connectivity index (χ0v) is 11.1. The van der Waals surface area contributed by atoms with Crippen molar-refractivity contribution >= 4 is 40.7 Å². The van der Waals surface area contributed by atoms with Crippen LogP contribution < -0.4 is 5.32 Å². The molecule has 0 amide bonds. The van der Waals surface area contributed by atoms with Crippen LogP contribution in [0.5, 0.6) is 0 Å². The summed E-state index contributed by atoms with van der Waals surface area (Å²) in [6, 6.07) is 0. The Kier molecular flexibility index (Phi) is 3.97. The van der Waals surface area contributed by atoms with E-state index < -0.39 is 0 Å². The van der Waals surface area contributed by atoms with Gasteiger partial charge in [-0.1, -0.05) is 23.1 Å². The molecule has 0 fully saturated rings. The second-order valence-electron chi connectivity index (χ2n) is 2.63. The predicted molar refractivity (Wildman–Crippen MR) is 67.4 cm³/mol. The van der Waals surface area contributed by atoms with Crippen molar-refractivity contribution in [2.24, 2.45) is 0 Å². The minimum absolute atomic E-state index is 0.750. The van der Waals surface area contributed by atoms with Crippen LogP contribution in [-0.2, 0) is 0 Å². The Morgan fingerprint density at radius 1 is 1.25 bits per heavy atom. The molecule has 0 aromatic carbocycles. The molecule has 0 saturated heterocycles. The molecular weight excluding hydrogens is 262 g/mol. The Labute approximate surface area is 106 Å². The van der Waals surface area contributed by atoms with Crippen LogP contribution in [0.15, 0.2) is 26.1 Å². The van der Waals surface area contributed by atoms with Gasteiger partial charge in [-0.25, -0.2) is 4.98 Å². The van der Waals surface area contributed by atoms with Gasteiger partial charge in [-0.05, 0) is 18.0 Å². The van der Waals surface area contributed by atoms with Gasteiger partial charge in [0, 0.05) is 7.05 Å². The fourth-order valence-corrected chi connectivity index (χ4v) is 3.27. The summed E-state index contributed by atoms with van der Waals surface area (Å²) < 4.78 is 1.84. The Morgan fingerprint density at radius 3 is 2.75 bits per heavy atom. The van der Waals surface area contributed by atoms with Gasteiger partial charge < -0.3 is 5.32 Å². The maximum Gasteiger partial charge on any atom is 0.181 e.